The van der Waals surface area contributed by atoms with Crippen molar-refractivity contribution < 1.29 is 14.0 Å². The molecular weight excluding hydrogens is 321 g/mol. The molecule has 2 fully saturated rings. The van der Waals surface area contributed by atoms with E-state index >= 15 is 0 Å². The number of hydrogen-bond acceptors (Lipinski definition) is 3. The first-order valence-corrected chi connectivity index (χ1v) is 9.07. The third kappa shape index (κ3) is 4.37. The van der Waals surface area contributed by atoms with Crippen LogP contribution in [0.5, 0.6) is 0 Å². The van der Waals surface area contributed by atoms with Crippen LogP contribution in [0.3, 0.4) is 0 Å². The molecule has 136 valence electrons. The number of benzene rings is 1. The predicted octanol–water partition coefficient (Wildman–Crippen LogP) is 2.78. The second-order valence-electron chi connectivity index (χ2n) is 7.52. The molecule has 2 amide bonds. The third-order valence-electron chi connectivity index (χ3n) is 4.89. The number of carbonyl (C=O) groups is 2. The number of likely N-dealkylation sites (tertiary alicyclic amines) is 1. The zero-order valence-electron chi connectivity index (χ0n) is 14.8. The molecule has 0 saturated carbocycles. The van der Waals surface area contributed by atoms with Gasteiger partial charge in [-0.05, 0) is 43.4 Å². The summed E-state index contributed by atoms with van der Waals surface area (Å²) in [6, 6.07) is 5.13. The maximum absolute atomic E-state index is 14.3. The van der Waals surface area contributed by atoms with Crippen LogP contribution in [-0.2, 0) is 4.79 Å². The van der Waals surface area contributed by atoms with Crippen molar-refractivity contribution in [3.63, 3.8) is 0 Å². The standard InChI is InChI=1S/C19H26FN3O2/c1-12(2)9-18(24)22-17-6-3-13(10-16(17)20)19(25)23-8-7-14-4-5-15(11-23)21-14/h3,6,10,12,14-15,21H,4-5,7-9,11H2,1-2H3,(H,22,24). The Labute approximate surface area is 148 Å². The van der Waals surface area contributed by atoms with Gasteiger partial charge in [0.25, 0.3) is 5.91 Å². The van der Waals surface area contributed by atoms with E-state index in [-0.39, 0.29) is 23.4 Å². The fourth-order valence-electron chi connectivity index (χ4n) is 3.63. The molecule has 2 heterocycles. The van der Waals surface area contributed by atoms with Crippen LogP contribution in [0.1, 0.15) is 49.9 Å². The summed E-state index contributed by atoms with van der Waals surface area (Å²) in [5, 5.41) is 6.10. The SMILES string of the molecule is CC(C)CC(=O)Nc1ccc(C(=O)N2CCC3CCC(C2)N3)cc1F. The molecule has 2 bridgehead atoms. The maximum atomic E-state index is 14.3. The number of amides is 2. The van der Waals surface area contributed by atoms with Crippen molar-refractivity contribution in [3.8, 4) is 0 Å². The van der Waals surface area contributed by atoms with Crippen molar-refractivity contribution in [3.05, 3.63) is 29.6 Å². The zero-order valence-corrected chi connectivity index (χ0v) is 14.8. The lowest BCUT2D eigenvalue weighted by Crippen LogP contribution is -2.39. The highest BCUT2D eigenvalue weighted by Crippen LogP contribution is 2.23. The third-order valence-corrected chi connectivity index (χ3v) is 4.89. The molecule has 0 radical (unpaired) electrons. The Kier molecular flexibility index (Phi) is 5.37. The molecule has 2 N–H and O–H groups in total. The number of hydrogen-bond donors (Lipinski definition) is 2. The summed E-state index contributed by atoms with van der Waals surface area (Å²) in [7, 11) is 0. The van der Waals surface area contributed by atoms with Gasteiger partial charge in [0, 0.05) is 37.2 Å². The lowest BCUT2D eigenvalue weighted by molar-refractivity contribution is -0.116. The average Bonchev–Trinajstić information content (AvgIpc) is 2.87. The van der Waals surface area contributed by atoms with E-state index in [0.29, 0.717) is 37.2 Å². The first-order chi connectivity index (χ1) is 11.9. The van der Waals surface area contributed by atoms with Gasteiger partial charge in [0.05, 0.1) is 5.69 Å². The van der Waals surface area contributed by atoms with Crippen LogP contribution in [0.25, 0.3) is 0 Å². The molecule has 2 aliphatic rings. The molecule has 0 aromatic heterocycles. The van der Waals surface area contributed by atoms with Crippen LogP contribution in [0.4, 0.5) is 10.1 Å². The van der Waals surface area contributed by atoms with Gasteiger partial charge in [0.15, 0.2) is 0 Å². The second kappa shape index (κ2) is 7.52. The van der Waals surface area contributed by atoms with E-state index in [4.69, 9.17) is 0 Å². The number of nitrogens with one attached hydrogen (secondary N) is 2. The van der Waals surface area contributed by atoms with Crippen molar-refractivity contribution in [2.75, 3.05) is 18.4 Å². The van der Waals surface area contributed by atoms with Gasteiger partial charge in [0.2, 0.25) is 5.91 Å². The Morgan fingerprint density at radius 2 is 2.04 bits per heavy atom. The van der Waals surface area contributed by atoms with E-state index in [1.165, 1.54) is 18.6 Å². The number of halogens is 1. The molecular formula is C19H26FN3O2. The largest absolute Gasteiger partial charge is 0.337 e. The van der Waals surface area contributed by atoms with E-state index in [2.05, 4.69) is 10.6 Å². The van der Waals surface area contributed by atoms with Crippen molar-refractivity contribution in [1.82, 2.24) is 10.2 Å². The van der Waals surface area contributed by atoms with Crippen LogP contribution in [0, 0.1) is 11.7 Å². The van der Waals surface area contributed by atoms with E-state index in [0.717, 1.165) is 12.8 Å². The first kappa shape index (κ1) is 17.9. The topological polar surface area (TPSA) is 61.4 Å². The molecule has 1 aromatic carbocycles. The highest BCUT2D eigenvalue weighted by atomic mass is 19.1. The van der Waals surface area contributed by atoms with Gasteiger partial charge < -0.3 is 15.5 Å². The Hall–Kier alpha value is -1.95. The van der Waals surface area contributed by atoms with Crippen LogP contribution < -0.4 is 10.6 Å². The Balaban J connectivity index is 1.67. The summed E-state index contributed by atoms with van der Waals surface area (Å²) in [5.41, 5.74) is 0.455. The van der Waals surface area contributed by atoms with Crippen LogP contribution in [-0.4, -0.2) is 41.9 Å². The van der Waals surface area contributed by atoms with Gasteiger partial charge in [-0.3, -0.25) is 9.59 Å². The van der Waals surface area contributed by atoms with Crippen molar-refractivity contribution >= 4 is 17.5 Å². The minimum atomic E-state index is -0.572. The number of carbonyl (C=O) groups excluding carboxylic acids is 2. The fourth-order valence-corrected chi connectivity index (χ4v) is 3.63. The maximum Gasteiger partial charge on any atom is 0.254 e. The lowest BCUT2D eigenvalue weighted by Gasteiger charge is -2.24. The first-order valence-electron chi connectivity index (χ1n) is 9.07. The summed E-state index contributed by atoms with van der Waals surface area (Å²) in [4.78, 5) is 26.3. The molecule has 6 heteroatoms. The number of nitrogens with zero attached hydrogens (tertiary/aromatic N) is 1. The number of fused-ring (bicyclic) bond motifs is 2. The van der Waals surface area contributed by atoms with Crippen LogP contribution >= 0.6 is 0 Å². The molecule has 2 saturated heterocycles. The second-order valence-corrected chi connectivity index (χ2v) is 7.52. The van der Waals surface area contributed by atoms with Gasteiger partial charge in [-0.2, -0.15) is 0 Å². The summed E-state index contributed by atoms with van der Waals surface area (Å²) in [6.07, 6.45) is 3.53. The normalized spacial score (nSPS) is 22.8. The summed E-state index contributed by atoms with van der Waals surface area (Å²) < 4.78 is 14.3. The highest BCUT2D eigenvalue weighted by Gasteiger charge is 2.31. The molecule has 2 aliphatic heterocycles. The number of rotatable bonds is 4. The molecule has 2 atom stereocenters. The Morgan fingerprint density at radius 1 is 1.28 bits per heavy atom. The smallest absolute Gasteiger partial charge is 0.254 e. The van der Waals surface area contributed by atoms with E-state index in [1.807, 2.05) is 18.7 Å². The van der Waals surface area contributed by atoms with E-state index < -0.39 is 5.82 Å². The lowest BCUT2D eigenvalue weighted by atomic mass is 10.1. The summed E-state index contributed by atoms with van der Waals surface area (Å²) in [5.74, 6) is -0.732. The molecule has 0 spiro atoms. The average molecular weight is 347 g/mol. The van der Waals surface area contributed by atoms with Gasteiger partial charge in [-0.25, -0.2) is 4.39 Å². The predicted molar refractivity (Wildman–Crippen MR) is 95.0 cm³/mol. The molecule has 1 aromatic rings. The monoisotopic (exact) mass is 347 g/mol. The van der Waals surface area contributed by atoms with Gasteiger partial charge in [-0.15, -0.1) is 0 Å². The quantitative estimate of drug-likeness (QED) is 0.880. The van der Waals surface area contributed by atoms with Crippen molar-refractivity contribution in [2.45, 2.75) is 51.6 Å². The van der Waals surface area contributed by atoms with E-state index in [1.54, 1.807) is 6.07 Å². The fraction of sp³-hybridized carbons (Fsp3) is 0.579. The summed E-state index contributed by atoms with van der Waals surface area (Å²) in [6.45, 7) is 5.23. The van der Waals surface area contributed by atoms with E-state index in [9.17, 15) is 14.0 Å². The molecule has 2 unspecified atom stereocenters. The molecule has 25 heavy (non-hydrogen) atoms. The van der Waals surface area contributed by atoms with Gasteiger partial charge >= 0.3 is 0 Å². The van der Waals surface area contributed by atoms with Gasteiger partial charge in [-0.1, -0.05) is 13.8 Å². The van der Waals surface area contributed by atoms with Crippen molar-refractivity contribution in [2.24, 2.45) is 5.92 Å². The number of anilines is 1. The highest BCUT2D eigenvalue weighted by molar-refractivity contribution is 5.96. The molecule has 3 rings (SSSR count). The molecule has 0 aliphatic carbocycles. The Morgan fingerprint density at radius 3 is 2.76 bits per heavy atom. The van der Waals surface area contributed by atoms with Crippen molar-refractivity contribution in [1.29, 1.82) is 0 Å². The summed E-state index contributed by atoms with van der Waals surface area (Å²) >= 11 is 0. The van der Waals surface area contributed by atoms with Crippen LogP contribution in [0.15, 0.2) is 18.2 Å². The molecule has 5 nitrogen and oxygen atoms in total. The Bertz CT molecular complexity index is 662. The van der Waals surface area contributed by atoms with Gasteiger partial charge in [0.1, 0.15) is 5.82 Å². The van der Waals surface area contributed by atoms with Crippen LogP contribution in [0.2, 0.25) is 0 Å². The minimum Gasteiger partial charge on any atom is -0.337 e. The zero-order chi connectivity index (χ0) is 18.0. The minimum absolute atomic E-state index is 0.124.